The van der Waals surface area contributed by atoms with Crippen LogP contribution in [0, 0.1) is 5.82 Å². The zero-order chi connectivity index (χ0) is 15.2. The van der Waals surface area contributed by atoms with Gasteiger partial charge in [0.1, 0.15) is 5.82 Å². The summed E-state index contributed by atoms with van der Waals surface area (Å²) < 4.78 is 14.0. The van der Waals surface area contributed by atoms with E-state index in [1.807, 2.05) is 12.1 Å². The molecule has 1 atom stereocenters. The highest BCUT2D eigenvalue weighted by molar-refractivity contribution is 9.10. The van der Waals surface area contributed by atoms with Crippen molar-refractivity contribution < 1.29 is 4.39 Å². The van der Waals surface area contributed by atoms with Crippen molar-refractivity contribution in [1.29, 1.82) is 0 Å². The van der Waals surface area contributed by atoms with E-state index in [1.54, 1.807) is 18.5 Å². The van der Waals surface area contributed by atoms with Crippen LogP contribution in [0.5, 0.6) is 0 Å². The summed E-state index contributed by atoms with van der Waals surface area (Å²) >= 11 is 3.44. The van der Waals surface area contributed by atoms with Crippen molar-refractivity contribution in [3.8, 4) is 0 Å². The Bertz CT molecular complexity index is 577. The second kappa shape index (κ2) is 7.64. The Kier molecular flexibility index (Phi) is 5.85. The summed E-state index contributed by atoms with van der Waals surface area (Å²) in [6.45, 7) is 4.21. The first-order valence-corrected chi connectivity index (χ1v) is 7.73. The molecule has 2 aromatic rings. The Morgan fingerprint density at radius 1 is 1.29 bits per heavy atom. The van der Waals surface area contributed by atoms with E-state index in [1.165, 1.54) is 17.7 Å². The first kappa shape index (κ1) is 16.1. The summed E-state index contributed by atoms with van der Waals surface area (Å²) in [5.41, 5.74) is 8.17. The zero-order valence-electron chi connectivity index (χ0n) is 12.0. The van der Waals surface area contributed by atoms with Gasteiger partial charge in [-0.1, -0.05) is 28.9 Å². The minimum Gasteiger partial charge on any atom is -0.329 e. The van der Waals surface area contributed by atoms with Crippen molar-refractivity contribution in [1.82, 2.24) is 9.88 Å². The number of hydrogen-bond donors (Lipinski definition) is 1. The predicted octanol–water partition coefficient (Wildman–Crippen LogP) is 3.51. The molecule has 5 heteroatoms. The minimum absolute atomic E-state index is 0.0399. The molecular formula is C16H19BrFN3. The van der Waals surface area contributed by atoms with Crippen molar-refractivity contribution >= 4 is 15.9 Å². The SMILES string of the molecule is CCN(Cc1ccncc1)C(CN)c1ccc(F)cc1Br. The lowest BCUT2D eigenvalue weighted by Gasteiger charge is -2.31. The van der Waals surface area contributed by atoms with Gasteiger partial charge in [-0.15, -0.1) is 0 Å². The Labute approximate surface area is 133 Å². The molecule has 0 aliphatic rings. The van der Waals surface area contributed by atoms with E-state index in [4.69, 9.17) is 5.73 Å². The van der Waals surface area contributed by atoms with Gasteiger partial charge in [0.15, 0.2) is 0 Å². The second-order valence-electron chi connectivity index (χ2n) is 4.84. The summed E-state index contributed by atoms with van der Waals surface area (Å²) in [6, 6.07) is 8.79. The average Bonchev–Trinajstić information content (AvgIpc) is 2.49. The molecule has 3 nitrogen and oxygen atoms in total. The Morgan fingerprint density at radius 3 is 2.57 bits per heavy atom. The lowest BCUT2D eigenvalue weighted by molar-refractivity contribution is 0.202. The molecule has 0 saturated carbocycles. The largest absolute Gasteiger partial charge is 0.329 e. The molecule has 112 valence electrons. The molecule has 1 heterocycles. The molecule has 1 aromatic heterocycles. The number of hydrogen-bond acceptors (Lipinski definition) is 3. The first-order valence-electron chi connectivity index (χ1n) is 6.93. The van der Waals surface area contributed by atoms with Gasteiger partial charge in [0.05, 0.1) is 0 Å². The van der Waals surface area contributed by atoms with Gasteiger partial charge in [0, 0.05) is 36.0 Å². The van der Waals surface area contributed by atoms with E-state index < -0.39 is 0 Å². The third-order valence-corrected chi connectivity index (χ3v) is 4.21. The van der Waals surface area contributed by atoms with Crippen molar-refractivity contribution in [2.45, 2.75) is 19.5 Å². The lowest BCUT2D eigenvalue weighted by atomic mass is 10.0. The van der Waals surface area contributed by atoms with Gasteiger partial charge in [0.2, 0.25) is 0 Å². The number of aromatic nitrogens is 1. The maximum atomic E-state index is 13.3. The highest BCUT2D eigenvalue weighted by Crippen LogP contribution is 2.29. The fraction of sp³-hybridized carbons (Fsp3) is 0.312. The summed E-state index contributed by atoms with van der Waals surface area (Å²) in [4.78, 5) is 6.30. The summed E-state index contributed by atoms with van der Waals surface area (Å²) in [7, 11) is 0. The molecule has 0 radical (unpaired) electrons. The average molecular weight is 352 g/mol. The van der Waals surface area contributed by atoms with Crippen LogP contribution >= 0.6 is 15.9 Å². The summed E-state index contributed by atoms with van der Waals surface area (Å²) in [5.74, 6) is -0.251. The summed E-state index contributed by atoms with van der Waals surface area (Å²) in [5, 5.41) is 0. The zero-order valence-corrected chi connectivity index (χ0v) is 13.6. The molecule has 0 fully saturated rings. The Morgan fingerprint density at radius 2 is 2.00 bits per heavy atom. The number of nitrogens with zero attached hydrogens (tertiary/aromatic N) is 2. The van der Waals surface area contributed by atoms with Gasteiger partial charge in [0.25, 0.3) is 0 Å². The van der Waals surface area contributed by atoms with E-state index in [0.717, 1.165) is 23.1 Å². The number of pyridine rings is 1. The van der Waals surface area contributed by atoms with E-state index >= 15 is 0 Å². The maximum Gasteiger partial charge on any atom is 0.124 e. The van der Waals surface area contributed by atoms with Gasteiger partial charge >= 0.3 is 0 Å². The molecular weight excluding hydrogens is 333 g/mol. The molecule has 0 saturated heterocycles. The fourth-order valence-corrected chi connectivity index (χ4v) is 3.02. The van der Waals surface area contributed by atoms with Crippen LogP contribution in [-0.2, 0) is 6.54 Å². The molecule has 0 aliphatic heterocycles. The Hall–Kier alpha value is -1.30. The van der Waals surface area contributed by atoms with Crippen molar-refractivity contribution in [3.63, 3.8) is 0 Å². The summed E-state index contributed by atoms with van der Waals surface area (Å²) in [6.07, 6.45) is 3.57. The highest BCUT2D eigenvalue weighted by Gasteiger charge is 2.20. The first-order chi connectivity index (χ1) is 10.2. The van der Waals surface area contributed by atoms with Crippen LogP contribution in [0.15, 0.2) is 47.2 Å². The molecule has 1 unspecified atom stereocenters. The van der Waals surface area contributed by atoms with Gasteiger partial charge in [-0.05, 0) is 41.9 Å². The maximum absolute atomic E-state index is 13.3. The van der Waals surface area contributed by atoms with Crippen molar-refractivity contribution in [2.24, 2.45) is 5.73 Å². The van der Waals surface area contributed by atoms with Gasteiger partial charge in [-0.25, -0.2) is 4.39 Å². The molecule has 0 bridgehead atoms. The van der Waals surface area contributed by atoms with Gasteiger partial charge in [-0.3, -0.25) is 9.88 Å². The van der Waals surface area contributed by atoms with Crippen LogP contribution in [0.25, 0.3) is 0 Å². The van der Waals surface area contributed by atoms with Crippen LogP contribution in [0.1, 0.15) is 24.1 Å². The molecule has 0 amide bonds. The molecule has 0 spiro atoms. The molecule has 2 rings (SSSR count). The fourth-order valence-electron chi connectivity index (χ4n) is 2.41. The number of halogens is 2. The number of likely N-dealkylation sites (N-methyl/N-ethyl adjacent to an activating group) is 1. The standard InChI is InChI=1S/C16H19BrFN3/c1-2-21(11-12-5-7-20-8-6-12)16(10-19)14-4-3-13(18)9-15(14)17/h3-9,16H,2,10-11,19H2,1H3. The van der Waals surface area contributed by atoms with Crippen LogP contribution < -0.4 is 5.73 Å². The van der Waals surface area contributed by atoms with Crippen LogP contribution in [0.2, 0.25) is 0 Å². The third-order valence-electron chi connectivity index (χ3n) is 3.53. The molecule has 1 aromatic carbocycles. The number of nitrogens with two attached hydrogens (primary N) is 1. The normalized spacial score (nSPS) is 12.6. The number of rotatable bonds is 6. The van der Waals surface area contributed by atoms with E-state index in [9.17, 15) is 4.39 Å². The predicted molar refractivity (Wildman–Crippen MR) is 86.2 cm³/mol. The van der Waals surface area contributed by atoms with E-state index in [-0.39, 0.29) is 11.9 Å². The van der Waals surface area contributed by atoms with Gasteiger partial charge < -0.3 is 5.73 Å². The molecule has 0 aliphatic carbocycles. The quantitative estimate of drug-likeness (QED) is 0.865. The van der Waals surface area contributed by atoms with Crippen LogP contribution in [-0.4, -0.2) is 23.0 Å². The van der Waals surface area contributed by atoms with E-state index in [2.05, 4.69) is 32.7 Å². The Balaban J connectivity index is 2.25. The van der Waals surface area contributed by atoms with Crippen LogP contribution in [0.4, 0.5) is 4.39 Å². The second-order valence-corrected chi connectivity index (χ2v) is 5.69. The third kappa shape index (κ3) is 4.09. The molecule has 2 N–H and O–H groups in total. The van der Waals surface area contributed by atoms with E-state index in [0.29, 0.717) is 6.54 Å². The lowest BCUT2D eigenvalue weighted by Crippen LogP contribution is -2.33. The molecule has 21 heavy (non-hydrogen) atoms. The van der Waals surface area contributed by atoms with Crippen molar-refractivity contribution in [3.05, 3.63) is 64.1 Å². The minimum atomic E-state index is -0.251. The van der Waals surface area contributed by atoms with Gasteiger partial charge in [-0.2, -0.15) is 0 Å². The van der Waals surface area contributed by atoms with Crippen molar-refractivity contribution in [2.75, 3.05) is 13.1 Å². The monoisotopic (exact) mass is 351 g/mol. The topological polar surface area (TPSA) is 42.2 Å². The number of benzene rings is 1. The smallest absolute Gasteiger partial charge is 0.124 e. The highest BCUT2D eigenvalue weighted by atomic mass is 79.9. The van der Waals surface area contributed by atoms with Crippen LogP contribution in [0.3, 0.4) is 0 Å².